The maximum Gasteiger partial charge on any atom is 0.129 e. The van der Waals surface area contributed by atoms with E-state index in [1.54, 1.807) is 20.1 Å². The Morgan fingerprint density at radius 1 is 1.09 bits per heavy atom. The van der Waals surface area contributed by atoms with Gasteiger partial charge in [-0.25, -0.2) is 4.39 Å². The highest BCUT2D eigenvalue weighted by Crippen LogP contribution is 2.42. The summed E-state index contributed by atoms with van der Waals surface area (Å²) in [7, 11) is 1.56. The maximum absolute atomic E-state index is 13.9. The number of ether oxygens (including phenoxy) is 1. The first-order valence-corrected chi connectivity index (χ1v) is 11.2. The van der Waals surface area contributed by atoms with Crippen LogP contribution in [0.2, 0.25) is 0 Å². The number of allylic oxidation sites excluding steroid dienone is 1. The van der Waals surface area contributed by atoms with Crippen LogP contribution >= 0.6 is 0 Å². The summed E-state index contributed by atoms with van der Waals surface area (Å²) < 4.78 is 19.4. The summed E-state index contributed by atoms with van der Waals surface area (Å²) in [5.74, 6) is 0.167. The topological polar surface area (TPSA) is 53.5 Å². The number of benzene rings is 3. The summed E-state index contributed by atoms with van der Waals surface area (Å²) in [4.78, 5) is 0. The molecule has 0 fully saturated rings. The number of methoxy groups -OCH3 is 1. The molecule has 3 aromatic rings. The molecule has 1 heterocycles. The van der Waals surface area contributed by atoms with Gasteiger partial charge in [-0.15, -0.1) is 0 Å². The molecule has 1 aliphatic heterocycles. The lowest BCUT2D eigenvalue weighted by Crippen LogP contribution is -2.32. The number of nitrogens with one attached hydrogen (secondary N) is 2. The van der Waals surface area contributed by atoms with Gasteiger partial charge in [0.05, 0.1) is 18.8 Å². The van der Waals surface area contributed by atoms with Gasteiger partial charge >= 0.3 is 0 Å². The number of aliphatic hydroxyl groups is 1. The Morgan fingerprint density at radius 3 is 2.58 bits per heavy atom. The van der Waals surface area contributed by atoms with Gasteiger partial charge in [-0.05, 0) is 80.3 Å². The Morgan fingerprint density at radius 2 is 1.85 bits per heavy atom. The van der Waals surface area contributed by atoms with Crippen molar-refractivity contribution in [1.29, 1.82) is 0 Å². The molecule has 0 bridgehead atoms. The summed E-state index contributed by atoms with van der Waals surface area (Å²) >= 11 is 0. The van der Waals surface area contributed by atoms with Crippen LogP contribution in [0.3, 0.4) is 0 Å². The predicted molar refractivity (Wildman–Crippen MR) is 134 cm³/mol. The number of aliphatic hydroxyl groups excluding tert-OH is 1. The van der Waals surface area contributed by atoms with Crippen LogP contribution in [-0.4, -0.2) is 17.8 Å². The zero-order valence-corrected chi connectivity index (χ0v) is 19.8. The van der Waals surface area contributed by atoms with Crippen molar-refractivity contribution in [2.24, 2.45) is 0 Å². The average molecular weight is 447 g/mol. The number of halogens is 1. The molecule has 0 spiro atoms. The van der Waals surface area contributed by atoms with E-state index in [2.05, 4.69) is 49.6 Å². The zero-order chi connectivity index (χ0) is 23.8. The molecule has 0 aliphatic carbocycles. The van der Waals surface area contributed by atoms with Crippen LogP contribution in [0.5, 0.6) is 5.75 Å². The number of fused-ring (bicyclic) bond motifs is 1. The third kappa shape index (κ3) is 4.74. The second kappa shape index (κ2) is 8.91. The average Bonchev–Trinajstić information content (AvgIpc) is 2.76. The lowest BCUT2D eigenvalue weighted by Gasteiger charge is -2.33. The quantitative estimate of drug-likeness (QED) is 0.391. The van der Waals surface area contributed by atoms with Gasteiger partial charge < -0.3 is 20.5 Å². The van der Waals surface area contributed by atoms with E-state index in [0.29, 0.717) is 12.3 Å². The lowest BCUT2D eigenvalue weighted by atomic mass is 9.85. The van der Waals surface area contributed by atoms with Crippen molar-refractivity contribution >= 4 is 16.9 Å². The molecule has 33 heavy (non-hydrogen) atoms. The van der Waals surface area contributed by atoms with E-state index in [4.69, 9.17) is 4.74 Å². The van der Waals surface area contributed by atoms with Crippen LogP contribution in [0, 0.1) is 5.82 Å². The van der Waals surface area contributed by atoms with Gasteiger partial charge in [-0.3, -0.25) is 0 Å². The first-order valence-electron chi connectivity index (χ1n) is 11.2. The third-order valence-corrected chi connectivity index (χ3v) is 6.03. The zero-order valence-electron chi connectivity index (χ0n) is 19.8. The Balaban J connectivity index is 1.83. The van der Waals surface area contributed by atoms with E-state index < -0.39 is 6.10 Å². The van der Waals surface area contributed by atoms with E-state index in [9.17, 15) is 9.50 Å². The summed E-state index contributed by atoms with van der Waals surface area (Å²) in [5.41, 5.74) is 7.94. The molecule has 172 valence electrons. The first-order chi connectivity index (χ1) is 15.7. The van der Waals surface area contributed by atoms with E-state index in [0.717, 1.165) is 39.2 Å². The van der Waals surface area contributed by atoms with Crippen molar-refractivity contribution in [2.75, 3.05) is 17.7 Å². The smallest absolute Gasteiger partial charge is 0.129 e. The highest BCUT2D eigenvalue weighted by atomic mass is 19.1. The van der Waals surface area contributed by atoms with Crippen molar-refractivity contribution in [1.82, 2.24) is 0 Å². The molecule has 0 amide bonds. The van der Waals surface area contributed by atoms with Gasteiger partial charge in [-0.2, -0.15) is 0 Å². The SMILES string of the molecule is COc1cc(F)ccc1-c1ccc2c(c1CNc1cccc(C(C)O)c1)C(C)=CC(C)(C)N2. The van der Waals surface area contributed by atoms with Crippen LogP contribution in [-0.2, 0) is 6.54 Å². The molecule has 5 heteroatoms. The van der Waals surface area contributed by atoms with Gasteiger partial charge in [0.1, 0.15) is 11.6 Å². The Kier molecular flexibility index (Phi) is 6.17. The molecule has 0 radical (unpaired) electrons. The molecule has 3 aromatic carbocycles. The van der Waals surface area contributed by atoms with Crippen LogP contribution in [0.25, 0.3) is 16.7 Å². The van der Waals surface area contributed by atoms with Crippen molar-refractivity contribution < 1.29 is 14.2 Å². The third-order valence-electron chi connectivity index (χ3n) is 6.03. The minimum Gasteiger partial charge on any atom is -0.496 e. The molecule has 0 saturated carbocycles. The van der Waals surface area contributed by atoms with E-state index >= 15 is 0 Å². The Bertz CT molecular complexity index is 1210. The minimum atomic E-state index is -0.535. The first kappa shape index (κ1) is 22.9. The minimum absolute atomic E-state index is 0.150. The monoisotopic (exact) mass is 446 g/mol. The largest absolute Gasteiger partial charge is 0.496 e. The van der Waals surface area contributed by atoms with Gasteiger partial charge in [0.2, 0.25) is 0 Å². The van der Waals surface area contributed by atoms with Crippen molar-refractivity contribution in [3.8, 4) is 16.9 Å². The second-order valence-corrected chi connectivity index (χ2v) is 9.19. The predicted octanol–water partition coefficient (Wildman–Crippen LogP) is 6.77. The number of anilines is 2. The highest BCUT2D eigenvalue weighted by molar-refractivity contribution is 5.88. The van der Waals surface area contributed by atoms with Crippen molar-refractivity contribution in [2.45, 2.75) is 45.9 Å². The number of rotatable bonds is 6. The van der Waals surface area contributed by atoms with Gasteiger partial charge in [0, 0.05) is 35.1 Å². The Hall–Kier alpha value is -3.31. The van der Waals surface area contributed by atoms with Gasteiger partial charge in [0.15, 0.2) is 0 Å². The van der Waals surface area contributed by atoms with Crippen molar-refractivity contribution in [3.05, 3.63) is 83.2 Å². The molecule has 0 saturated heterocycles. The highest BCUT2D eigenvalue weighted by Gasteiger charge is 2.26. The van der Waals surface area contributed by atoms with Crippen LogP contribution < -0.4 is 15.4 Å². The molecule has 1 aliphatic rings. The van der Waals surface area contributed by atoms with Gasteiger partial charge in [-0.1, -0.05) is 24.3 Å². The molecular weight excluding hydrogens is 415 g/mol. The molecule has 4 rings (SSSR count). The normalized spacial score (nSPS) is 15.2. The van der Waals surface area contributed by atoms with E-state index in [-0.39, 0.29) is 11.4 Å². The fourth-order valence-electron chi connectivity index (χ4n) is 4.62. The summed E-state index contributed by atoms with van der Waals surface area (Å²) in [6.45, 7) is 8.74. The van der Waals surface area contributed by atoms with Crippen molar-refractivity contribution in [3.63, 3.8) is 0 Å². The lowest BCUT2D eigenvalue weighted by molar-refractivity contribution is 0.199. The molecular formula is C28H31FN2O2. The van der Waals surface area contributed by atoms with E-state index in [1.807, 2.05) is 24.3 Å². The fourth-order valence-corrected chi connectivity index (χ4v) is 4.62. The number of hydrogen-bond donors (Lipinski definition) is 3. The molecule has 0 aromatic heterocycles. The summed E-state index contributed by atoms with van der Waals surface area (Å²) in [6, 6.07) is 16.6. The summed E-state index contributed by atoms with van der Waals surface area (Å²) in [6.07, 6.45) is 1.70. The maximum atomic E-state index is 13.9. The number of hydrogen-bond acceptors (Lipinski definition) is 4. The Labute approximate surface area is 195 Å². The van der Waals surface area contributed by atoms with E-state index in [1.165, 1.54) is 17.7 Å². The fraction of sp³-hybridized carbons (Fsp3) is 0.286. The molecule has 1 atom stereocenters. The molecule has 4 nitrogen and oxygen atoms in total. The molecule has 3 N–H and O–H groups in total. The van der Waals surface area contributed by atoms with Crippen LogP contribution in [0.15, 0.2) is 60.7 Å². The van der Waals surface area contributed by atoms with Crippen LogP contribution in [0.4, 0.5) is 15.8 Å². The summed E-state index contributed by atoms with van der Waals surface area (Å²) in [5, 5.41) is 17.1. The second-order valence-electron chi connectivity index (χ2n) is 9.19. The van der Waals surface area contributed by atoms with Gasteiger partial charge in [0.25, 0.3) is 0 Å². The standard InChI is InChI=1S/C28H31FN2O2/c1-17-15-28(3,4)31-25-12-11-22(23-10-9-20(29)14-26(23)33-5)24(27(17)25)16-30-21-8-6-7-19(13-21)18(2)32/h6-15,18,30-32H,16H2,1-5H3. The van der Waals surface area contributed by atoms with Crippen LogP contribution in [0.1, 0.15) is 50.5 Å². The molecule has 1 unspecified atom stereocenters.